The number of amides is 1. The lowest BCUT2D eigenvalue weighted by Gasteiger charge is -2.30. The summed E-state index contributed by atoms with van der Waals surface area (Å²) in [6, 6.07) is 13.4. The van der Waals surface area contributed by atoms with Gasteiger partial charge in [-0.1, -0.05) is 42.3 Å². The molecular formula is C27H26Cl2N4O2. The zero-order chi connectivity index (χ0) is 24.5. The van der Waals surface area contributed by atoms with Gasteiger partial charge in [0, 0.05) is 47.6 Å². The Labute approximate surface area is 214 Å². The molecule has 0 radical (unpaired) electrons. The number of rotatable bonds is 5. The van der Waals surface area contributed by atoms with Crippen molar-refractivity contribution in [3.8, 4) is 17.0 Å². The van der Waals surface area contributed by atoms with Gasteiger partial charge in [-0.05, 0) is 56.0 Å². The van der Waals surface area contributed by atoms with Crippen molar-refractivity contribution in [2.24, 2.45) is 5.92 Å². The standard InChI is InChI=1S/C27H26Cl2N4O2/c1-16-9-11-33(12-10-16)27(34)19-5-3-18(4-6-19)26-21-13-20(7-8-24(21)31-32-26)35-17(2)25-22(28)14-30-15-23(25)29/h3-8,13-17H,9-12H2,1-2H3,(H,31,32). The van der Waals surface area contributed by atoms with Crippen molar-refractivity contribution < 1.29 is 9.53 Å². The fourth-order valence-electron chi connectivity index (χ4n) is 4.52. The Kier molecular flexibility index (Phi) is 6.67. The molecule has 0 spiro atoms. The molecule has 0 bridgehead atoms. The van der Waals surface area contributed by atoms with Crippen LogP contribution in [-0.4, -0.2) is 39.1 Å². The predicted molar refractivity (Wildman–Crippen MR) is 139 cm³/mol. The first-order valence-electron chi connectivity index (χ1n) is 11.7. The van der Waals surface area contributed by atoms with Crippen molar-refractivity contribution in [2.75, 3.05) is 13.1 Å². The van der Waals surface area contributed by atoms with Crippen molar-refractivity contribution in [1.82, 2.24) is 20.1 Å². The van der Waals surface area contributed by atoms with E-state index in [-0.39, 0.29) is 12.0 Å². The molecule has 3 heterocycles. The Morgan fingerprint density at radius 2 is 1.77 bits per heavy atom. The van der Waals surface area contributed by atoms with Crippen molar-refractivity contribution in [2.45, 2.75) is 32.8 Å². The second kappa shape index (κ2) is 9.88. The molecule has 6 nitrogen and oxygen atoms in total. The van der Waals surface area contributed by atoms with Crippen LogP contribution >= 0.6 is 23.2 Å². The summed E-state index contributed by atoms with van der Waals surface area (Å²) < 4.78 is 6.17. The number of benzene rings is 2. The summed E-state index contributed by atoms with van der Waals surface area (Å²) in [4.78, 5) is 18.8. The third-order valence-corrected chi connectivity index (χ3v) is 7.22. The maximum atomic E-state index is 12.9. The minimum Gasteiger partial charge on any atom is -0.486 e. The van der Waals surface area contributed by atoms with Crippen LogP contribution in [0.5, 0.6) is 5.75 Å². The molecule has 8 heteroatoms. The van der Waals surface area contributed by atoms with E-state index in [1.54, 1.807) is 12.4 Å². The fourth-order valence-corrected chi connectivity index (χ4v) is 5.20. The van der Waals surface area contributed by atoms with E-state index in [4.69, 9.17) is 27.9 Å². The van der Waals surface area contributed by atoms with Gasteiger partial charge in [0.2, 0.25) is 0 Å². The van der Waals surface area contributed by atoms with E-state index in [1.165, 1.54) is 0 Å². The third kappa shape index (κ3) is 4.86. The molecule has 1 N–H and O–H groups in total. The molecule has 1 atom stereocenters. The molecule has 35 heavy (non-hydrogen) atoms. The van der Waals surface area contributed by atoms with Crippen LogP contribution in [0.15, 0.2) is 54.9 Å². The predicted octanol–water partition coefficient (Wildman–Crippen LogP) is 6.94. The quantitative estimate of drug-likeness (QED) is 0.316. The summed E-state index contributed by atoms with van der Waals surface area (Å²) in [5, 5.41) is 9.44. The highest BCUT2D eigenvalue weighted by atomic mass is 35.5. The number of nitrogens with one attached hydrogen (secondary N) is 1. The molecule has 2 aromatic carbocycles. The van der Waals surface area contributed by atoms with Crippen LogP contribution in [-0.2, 0) is 0 Å². The number of hydrogen-bond acceptors (Lipinski definition) is 4. The highest BCUT2D eigenvalue weighted by molar-refractivity contribution is 6.35. The number of halogens is 2. The molecule has 2 aromatic heterocycles. The van der Waals surface area contributed by atoms with E-state index in [0.717, 1.165) is 48.1 Å². The van der Waals surface area contributed by atoms with Crippen molar-refractivity contribution >= 4 is 40.0 Å². The lowest BCUT2D eigenvalue weighted by Crippen LogP contribution is -2.37. The van der Waals surface area contributed by atoms with Crippen LogP contribution in [0, 0.1) is 5.92 Å². The number of carbonyl (C=O) groups is 1. The first-order valence-corrected chi connectivity index (χ1v) is 12.5. The van der Waals surface area contributed by atoms with Gasteiger partial charge in [-0.3, -0.25) is 14.9 Å². The van der Waals surface area contributed by atoms with Crippen molar-refractivity contribution in [3.63, 3.8) is 0 Å². The topological polar surface area (TPSA) is 71.1 Å². The monoisotopic (exact) mass is 508 g/mol. The van der Waals surface area contributed by atoms with E-state index >= 15 is 0 Å². The molecule has 180 valence electrons. The molecule has 1 saturated heterocycles. The van der Waals surface area contributed by atoms with Crippen LogP contribution in [0.4, 0.5) is 0 Å². The molecule has 5 rings (SSSR count). The SMILES string of the molecule is CC1CCN(C(=O)c2ccc(-c3n[nH]c4ccc(OC(C)c5c(Cl)cncc5Cl)cc34)cc2)CC1. The van der Waals surface area contributed by atoms with Gasteiger partial charge in [0.05, 0.1) is 15.6 Å². The maximum absolute atomic E-state index is 12.9. The number of ether oxygens (including phenoxy) is 1. The largest absolute Gasteiger partial charge is 0.486 e. The molecule has 1 amide bonds. The Bertz CT molecular complexity index is 1340. The first kappa shape index (κ1) is 23.6. The Balaban J connectivity index is 1.37. The average Bonchev–Trinajstić information content (AvgIpc) is 3.27. The van der Waals surface area contributed by atoms with Gasteiger partial charge in [0.25, 0.3) is 5.91 Å². The minimum absolute atomic E-state index is 0.0912. The number of nitrogens with zero attached hydrogens (tertiary/aromatic N) is 3. The van der Waals surface area contributed by atoms with E-state index in [9.17, 15) is 4.79 Å². The summed E-state index contributed by atoms with van der Waals surface area (Å²) in [7, 11) is 0. The maximum Gasteiger partial charge on any atom is 0.253 e. The van der Waals surface area contributed by atoms with Gasteiger partial charge < -0.3 is 9.64 Å². The molecule has 4 aromatic rings. The molecule has 1 unspecified atom stereocenters. The zero-order valence-corrected chi connectivity index (χ0v) is 21.1. The molecule has 0 saturated carbocycles. The first-order chi connectivity index (χ1) is 16.9. The number of hydrogen-bond donors (Lipinski definition) is 1. The summed E-state index contributed by atoms with van der Waals surface area (Å²) >= 11 is 12.6. The molecule has 1 fully saturated rings. The smallest absolute Gasteiger partial charge is 0.253 e. The Morgan fingerprint density at radius 3 is 2.46 bits per heavy atom. The molecule has 1 aliphatic rings. The van der Waals surface area contributed by atoms with E-state index < -0.39 is 0 Å². The minimum atomic E-state index is -0.367. The zero-order valence-electron chi connectivity index (χ0n) is 19.6. The van der Waals surface area contributed by atoms with E-state index in [2.05, 4.69) is 22.1 Å². The van der Waals surface area contributed by atoms with Gasteiger partial charge in [-0.25, -0.2) is 0 Å². The highest BCUT2D eigenvalue weighted by Crippen LogP contribution is 2.35. The number of fused-ring (bicyclic) bond motifs is 1. The number of H-pyrrole nitrogens is 1. The van der Waals surface area contributed by atoms with Crippen molar-refractivity contribution in [3.05, 3.63) is 76.0 Å². The molecular weight excluding hydrogens is 483 g/mol. The summed E-state index contributed by atoms with van der Waals surface area (Å²) in [6.45, 7) is 5.78. The summed E-state index contributed by atoms with van der Waals surface area (Å²) in [5.41, 5.74) is 4.00. The Morgan fingerprint density at radius 1 is 1.09 bits per heavy atom. The number of carbonyl (C=O) groups excluding carboxylic acids is 1. The number of aromatic nitrogens is 3. The normalized spacial score (nSPS) is 15.4. The van der Waals surface area contributed by atoms with Crippen LogP contribution in [0.1, 0.15) is 48.7 Å². The second-order valence-corrected chi connectivity index (χ2v) is 9.92. The lowest BCUT2D eigenvalue weighted by molar-refractivity contribution is 0.0697. The lowest BCUT2D eigenvalue weighted by atomic mass is 9.98. The third-order valence-electron chi connectivity index (χ3n) is 6.62. The number of likely N-dealkylation sites (tertiary alicyclic amines) is 1. The van der Waals surface area contributed by atoms with E-state index in [1.807, 2.05) is 54.3 Å². The molecule has 1 aliphatic heterocycles. The van der Waals surface area contributed by atoms with Crippen LogP contribution in [0.2, 0.25) is 10.0 Å². The Hall–Kier alpha value is -3.09. The van der Waals surface area contributed by atoms with Gasteiger partial charge in [0.1, 0.15) is 17.5 Å². The van der Waals surface area contributed by atoms with Gasteiger partial charge in [-0.2, -0.15) is 5.10 Å². The number of aromatic amines is 1. The second-order valence-electron chi connectivity index (χ2n) is 9.11. The van der Waals surface area contributed by atoms with Gasteiger partial charge in [-0.15, -0.1) is 0 Å². The number of piperidine rings is 1. The average molecular weight is 509 g/mol. The summed E-state index contributed by atoms with van der Waals surface area (Å²) in [6.07, 6.45) is 4.87. The molecule has 0 aliphatic carbocycles. The fraction of sp³-hybridized carbons (Fsp3) is 0.296. The van der Waals surface area contributed by atoms with Crippen LogP contribution < -0.4 is 4.74 Å². The van der Waals surface area contributed by atoms with Crippen molar-refractivity contribution in [1.29, 1.82) is 0 Å². The summed E-state index contributed by atoms with van der Waals surface area (Å²) in [5.74, 6) is 1.45. The van der Waals surface area contributed by atoms with Gasteiger partial charge in [0.15, 0.2) is 0 Å². The van der Waals surface area contributed by atoms with Crippen LogP contribution in [0.3, 0.4) is 0 Å². The van der Waals surface area contributed by atoms with E-state index in [0.29, 0.717) is 32.8 Å². The van der Waals surface area contributed by atoms with Crippen LogP contribution in [0.25, 0.3) is 22.2 Å². The van der Waals surface area contributed by atoms with Gasteiger partial charge >= 0.3 is 0 Å². The number of pyridine rings is 1. The highest BCUT2D eigenvalue weighted by Gasteiger charge is 2.22.